The van der Waals surface area contributed by atoms with Gasteiger partial charge in [-0.3, -0.25) is 9.59 Å². The maximum atomic E-state index is 14.1. The van der Waals surface area contributed by atoms with Gasteiger partial charge in [-0.25, -0.2) is 4.79 Å². The van der Waals surface area contributed by atoms with Crippen LogP contribution in [0.1, 0.15) is 55.2 Å². The molecule has 1 aliphatic heterocycles. The number of allylic oxidation sites excluding steroid dienone is 3. The molecule has 44 heavy (non-hydrogen) atoms. The zero-order valence-corrected chi connectivity index (χ0v) is 25.4. The van der Waals surface area contributed by atoms with Crippen molar-refractivity contribution in [2.24, 2.45) is 0 Å². The molecule has 228 valence electrons. The second kappa shape index (κ2) is 13.1. The molecule has 0 unspecified atom stereocenters. The molecule has 0 amide bonds. The largest absolute Gasteiger partial charge is 0.493 e. The van der Waals surface area contributed by atoms with Crippen molar-refractivity contribution in [2.75, 3.05) is 21.3 Å². The predicted octanol–water partition coefficient (Wildman–Crippen LogP) is 5.74. The summed E-state index contributed by atoms with van der Waals surface area (Å²) in [5.74, 6) is -0.219. The number of carbonyl (C=O) groups excluding carboxylic acids is 3. The monoisotopic (exact) mass is 597 g/mol. The Balaban J connectivity index is 1.55. The van der Waals surface area contributed by atoms with Crippen LogP contribution in [0.5, 0.6) is 23.0 Å². The second-order valence-electron chi connectivity index (χ2n) is 10.7. The lowest BCUT2D eigenvalue weighted by Crippen LogP contribution is -2.36. The Kier molecular flexibility index (Phi) is 9.04. The highest BCUT2D eigenvalue weighted by molar-refractivity contribution is 6.04. The smallest absolute Gasteiger partial charge is 0.337 e. The lowest BCUT2D eigenvalue weighted by atomic mass is 9.71. The van der Waals surface area contributed by atoms with Gasteiger partial charge in [0.25, 0.3) is 0 Å². The number of hydrogen-bond acceptors (Lipinski definition) is 9. The van der Waals surface area contributed by atoms with Crippen LogP contribution in [-0.4, -0.2) is 39.1 Å². The number of methoxy groups -OCH3 is 3. The summed E-state index contributed by atoms with van der Waals surface area (Å²) in [5.41, 5.74) is 4.60. The van der Waals surface area contributed by atoms with Crippen molar-refractivity contribution in [3.8, 4) is 23.0 Å². The maximum absolute atomic E-state index is 14.1. The Morgan fingerprint density at radius 1 is 0.818 bits per heavy atom. The highest BCUT2D eigenvalue weighted by Crippen LogP contribution is 2.47. The van der Waals surface area contributed by atoms with Crippen molar-refractivity contribution in [2.45, 2.75) is 45.1 Å². The molecule has 3 aromatic carbocycles. The van der Waals surface area contributed by atoms with E-state index in [2.05, 4.69) is 5.32 Å². The number of ketones is 1. The summed E-state index contributed by atoms with van der Waals surface area (Å²) in [4.78, 5) is 39.5. The van der Waals surface area contributed by atoms with Crippen molar-refractivity contribution in [1.82, 2.24) is 5.32 Å². The minimum Gasteiger partial charge on any atom is -0.493 e. The quantitative estimate of drug-likeness (QED) is 0.244. The molecule has 0 saturated carbocycles. The first-order valence-corrected chi connectivity index (χ1v) is 14.3. The Morgan fingerprint density at radius 3 is 2.14 bits per heavy atom. The number of ether oxygens (including phenoxy) is 5. The number of hydrogen-bond donors (Lipinski definition) is 1. The van der Waals surface area contributed by atoms with E-state index in [-0.39, 0.29) is 30.5 Å². The van der Waals surface area contributed by atoms with Crippen LogP contribution in [0.25, 0.3) is 0 Å². The van der Waals surface area contributed by atoms with Crippen molar-refractivity contribution < 1.29 is 38.1 Å². The van der Waals surface area contributed by atoms with Gasteiger partial charge in [0.1, 0.15) is 6.61 Å². The molecule has 0 aromatic heterocycles. The molecule has 9 nitrogen and oxygen atoms in total. The molecule has 1 heterocycles. The minimum atomic E-state index is -0.728. The highest BCUT2D eigenvalue weighted by atomic mass is 16.6. The van der Waals surface area contributed by atoms with Gasteiger partial charge in [0.05, 0.1) is 26.9 Å². The molecule has 2 atom stereocenters. The lowest BCUT2D eigenvalue weighted by Gasteiger charge is -2.37. The van der Waals surface area contributed by atoms with Crippen LogP contribution in [0.3, 0.4) is 0 Å². The summed E-state index contributed by atoms with van der Waals surface area (Å²) >= 11 is 0. The van der Waals surface area contributed by atoms with E-state index in [1.807, 2.05) is 55.5 Å². The SMILES string of the molecule is COc1ccc([C@H]2CC(=O)C3=C(C2)NC(C)=C(C(=O)OCc2ccccc2)[C@H]3c2ccc(OC(C)=O)c(OC)c2)cc1OC. The number of carbonyl (C=O) groups is 3. The van der Waals surface area contributed by atoms with Crippen LogP contribution in [-0.2, 0) is 25.7 Å². The number of Topliss-reactive ketones (excluding diaryl/α,β-unsaturated/α-hetero) is 1. The molecule has 3 aromatic rings. The van der Waals surface area contributed by atoms with Gasteiger partial charge in [0.2, 0.25) is 0 Å². The molecule has 0 radical (unpaired) electrons. The van der Waals surface area contributed by atoms with Gasteiger partial charge in [0, 0.05) is 36.2 Å². The normalized spacial score (nSPS) is 17.8. The zero-order chi connectivity index (χ0) is 31.4. The third kappa shape index (κ3) is 6.17. The van der Waals surface area contributed by atoms with Gasteiger partial charge in [-0.05, 0) is 60.2 Å². The summed E-state index contributed by atoms with van der Waals surface area (Å²) in [5, 5.41) is 3.38. The molecule has 0 fully saturated rings. The lowest BCUT2D eigenvalue weighted by molar-refractivity contribution is -0.140. The van der Waals surface area contributed by atoms with E-state index in [1.54, 1.807) is 32.4 Å². The van der Waals surface area contributed by atoms with E-state index in [0.29, 0.717) is 46.1 Å². The molecule has 9 heteroatoms. The van der Waals surface area contributed by atoms with E-state index >= 15 is 0 Å². The van der Waals surface area contributed by atoms with E-state index in [4.69, 9.17) is 23.7 Å². The van der Waals surface area contributed by atoms with Gasteiger partial charge >= 0.3 is 11.9 Å². The maximum Gasteiger partial charge on any atom is 0.337 e. The summed E-state index contributed by atoms with van der Waals surface area (Å²) in [6.45, 7) is 3.20. The van der Waals surface area contributed by atoms with Crippen LogP contribution in [0.2, 0.25) is 0 Å². The second-order valence-corrected chi connectivity index (χ2v) is 10.7. The van der Waals surface area contributed by atoms with Crippen molar-refractivity contribution in [1.29, 1.82) is 0 Å². The Hall–Kier alpha value is -5.05. The molecular formula is C35H35NO8. The van der Waals surface area contributed by atoms with Crippen LogP contribution < -0.4 is 24.3 Å². The van der Waals surface area contributed by atoms with Gasteiger partial charge in [-0.2, -0.15) is 0 Å². The molecular weight excluding hydrogens is 562 g/mol. The molecule has 0 saturated heterocycles. The highest BCUT2D eigenvalue weighted by Gasteiger charge is 2.42. The van der Waals surface area contributed by atoms with E-state index in [0.717, 1.165) is 16.8 Å². The Labute approximate surface area is 256 Å². The average Bonchev–Trinajstić information content (AvgIpc) is 3.02. The fraction of sp³-hybridized carbons (Fsp3) is 0.286. The first kappa shape index (κ1) is 30.4. The Morgan fingerprint density at radius 2 is 1.45 bits per heavy atom. The van der Waals surface area contributed by atoms with Gasteiger partial charge in [-0.15, -0.1) is 0 Å². The molecule has 2 aliphatic rings. The van der Waals surface area contributed by atoms with Crippen LogP contribution in [0, 0.1) is 0 Å². The average molecular weight is 598 g/mol. The Bertz CT molecular complexity index is 1660. The number of rotatable bonds is 9. The zero-order valence-electron chi connectivity index (χ0n) is 25.4. The van der Waals surface area contributed by atoms with Gasteiger partial charge in [-0.1, -0.05) is 42.5 Å². The van der Waals surface area contributed by atoms with Gasteiger partial charge in [0.15, 0.2) is 28.8 Å². The molecule has 1 aliphatic carbocycles. The first-order chi connectivity index (χ1) is 21.2. The third-order valence-corrected chi connectivity index (χ3v) is 7.91. The fourth-order valence-electron chi connectivity index (χ4n) is 5.89. The third-order valence-electron chi connectivity index (χ3n) is 7.91. The number of esters is 2. The number of nitrogens with one attached hydrogen (secondary N) is 1. The minimum absolute atomic E-state index is 0.0825. The molecule has 1 N–H and O–H groups in total. The van der Waals surface area contributed by atoms with E-state index in [9.17, 15) is 14.4 Å². The number of benzene rings is 3. The number of dihydropyridines is 1. The summed E-state index contributed by atoms with van der Waals surface area (Å²) < 4.78 is 27.5. The fourth-order valence-corrected chi connectivity index (χ4v) is 5.89. The van der Waals surface area contributed by atoms with Crippen LogP contribution in [0.4, 0.5) is 0 Å². The molecule has 0 bridgehead atoms. The van der Waals surface area contributed by atoms with Crippen LogP contribution in [0.15, 0.2) is 89.3 Å². The summed E-state index contributed by atoms with van der Waals surface area (Å²) in [6.07, 6.45) is 0.778. The molecule has 0 spiro atoms. The standard InChI is InChI=1S/C35H35NO8/c1-20-32(35(39)43-19-22-9-7-6-8-10-22)33(24-12-14-29(44-21(2)37)31(18-24)42-5)34-26(36-20)15-25(16-27(34)38)23-11-13-28(40-3)30(17-23)41-4/h6-14,17-18,25,33,36H,15-16,19H2,1-5H3/t25-,33-/m1/s1. The topological polar surface area (TPSA) is 109 Å². The summed E-state index contributed by atoms with van der Waals surface area (Å²) in [7, 11) is 4.63. The summed E-state index contributed by atoms with van der Waals surface area (Å²) in [6, 6.07) is 20.1. The van der Waals surface area contributed by atoms with Crippen LogP contribution >= 0.6 is 0 Å². The van der Waals surface area contributed by atoms with E-state index < -0.39 is 17.9 Å². The van der Waals surface area contributed by atoms with Crippen molar-refractivity contribution in [3.63, 3.8) is 0 Å². The van der Waals surface area contributed by atoms with Gasteiger partial charge < -0.3 is 29.0 Å². The molecule has 5 rings (SSSR count). The first-order valence-electron chi connectivity index (χ1n) is 14.3. The predicted molar refractivity (Wildman–Crippen MR) is 163 cm³/mol. The van der Waals surface area contributed by atoms with Crippen molar-refractivity contribution in [3.05, 3.63) is 106 Å². The van der Waals surface area contributed by atoms with Crippen molar-refractivity contribution >= 4 is 17.7 Å². The van der Waals surface area contributed by atoms with E-state index in [1.165, 1.54) is 14.0 Å².